The number of carbonyl (C=O) groups excluding carboxylic acids is 1. The van der Waals surface area contributed by atoms with Gasteiger partial charge in [-0.2, -0.15) is 5.10 Å². The molecule has 0 spiro atoms. The van der Waals surface area contributed by atoms with Gasteiger partial charge >= 0.3 is 0 Å². The van der Waals surface area contributed by atoms with Crippen molar-refractivity contribution >= 4 is 5.91 Å². The maximum Gasteiger partial charge on any atom is 0.251 e. The molecule has 1 amide bonds. The molecule has 1 heterocycles. The van der Waals surface area contributed by atoms with Gasteiger partial charge < -0.3 is 10.1 Å². The second-order valence-corrected chi connectivity index (χ2v) is 6.31. The molecule has 2 aromatic carbocycles. The lowest BCUT2D eigenvalue weighted by atomic mass is 10.1. The van der Waals surface area contributed by atoms with Crippen molar-refractivity contribution in [3.05, 3.63) is 83.2 Å². The lowest BCUT2D eigenvalue weighted by molar-refractivity contribution is 0.0949. The summed E-state index contributed by atoms with van der Waals surface area (Å²) < 4.78 is 7.70. The Morgan fingerprint density at radius 2 is 1.89 bits per heavy atom. The molecule has 1 aromatic heterocycles. The van der Waals surface area contributed by atoms with E-state index in [2.05, 4.69) is 29.5 Å². The Kier molecular flexibility index (Phi) is 6.26. The van der Waals surface area contributed by atoms with Crippen molar-refractivity contribution in [3.63, 3.8) is 0 Å². The van der Waals surface area contributed by atoms with Crippen molar-refractivity contribution in [1.29, 1.82) is 0 Å². The molecule has 0 atom stereocenters. The molecule has 0 unspecified atom stereocenters. The summed E-state index contributed by atoms with van der Waals surface area (Å²) in [5, 5.41) is 7.16. The average molecular weight is 363 g/mol. The molecule has 3 rings (SSSR count). The third-order valence-electron chi connectivity index (χ3n) is 4.46. The summed E-state index contributed by atoms with van der Waals surface area (Å²) in [6.45, 7) is 5.82. The summed E-state index contributed by atoms with van der Waals surface area (Å²) in [6.07, 6.45) is 2.76. The summed E-state index contributed by atoms with van der Waals surface area (Å²) in [5.41, 5.74) is 3.85. The van der Waals surface area contributed by atoms with E-state index in [1.165, 1.54) is 5.56 Å². The van der Waals surface area contributed by atoms with E-state index in [4.69, 9.17) is 4.74 Å². The fourth-order valence-electron chi connectivity index (χ4n) is 2.86. The third-order valence-corrected chi connectivity index (χ3v) is 4.46. The fourth-order valence-corrected chi connectivity index (χ4v) is 2.86. The van der Waals surface area contributed by atoms with E-state index < -0.39 is 0 Å². The van der Waals surface area contributed by atoms with Crippen LogP contribution in [0.2, 0.25) is 0 Å². The number of benzene rings is 2. The quantitative estimate of drug-likeness (QED) is 0.659. The average Bonchev–Trinajstić information content (AvgIpc) is 3.18. The zero-order valence-corrected chi connectivity index (χ0v) is 15.8. The Morgan fingerprint density at radius 3 is 2.63 bits per heavy atom. The minimum absolute atomic E-state index is 0.104. The monoisotopic (exact) mass is 363 g/mol. The van der Waals surface area contributed by atoms with Crippen LogP contribution in [-0.4, -0.2) is 15.7 Å². The summed E-state index contributed by atoms with van der Waals surface area (Å²) in [5.74, 6) is 0.725. The van der Waals surface area contributed by atoms with Gasteiger partial charge in [0.25, 0.3) is 5.91 Å². The van der Waals surface area contributed by atoms with Gasteiger partial charge in [0.2, 0.25) is 0 Å². The highest BCUT2D eigenvalue weighted by atomic mass is 16.5. The lowest BCUT2D eigenvalue weighted by Crippen LogP contribution is -2.24. The zero-order chi connectivity index (χ0) is 19.1. The van der Waals surface area contributed by atoms with Crippen molar-refractivity contribution in [2.24, 2.45) is 0 Å². The van der Waals surface area contributed by atoms with Crippen LogP contribution in [0.1, 0.15) is 41.0 Å². The highest BCUT2D eigenvalue weighted by molar-refractivity contribution is 5.94. The molecule has 0 aliphatic rings. The minimum atomic E-state index is -0.104. The van der Waals surface area contributed by atoms with E-state index in [0.717, 1.165) is 30.0 Å². The Hall–Kier alpha value is -3.08. The molecular formula is C22H25N3O2. The normalized spacial score (nSPS) is 10.6. The van der Waals surface area contributed by atoms with Gasteiger partial charge in [-0.05, 0) is 54.8 Å². The smallest absolute Gasteiger partial charge is 0.251 e. The number of ether oxygens (including phenoxy) is 1. The number of nitrogens with one attached hydrogen (secondary N) is 1. The van der Waals surface area contributed by atoms with Crippen LogP contribution < -0.4 is 10.1 Å². The van der Waals surface area contributed by atoms with Crippen LogP contribution in [0.3, 0.4) is 0 Å². The Morgan fingerprint density at radius 1 is 1.07 bits per heavy atom. The summed E-state index contributed by atoms with van der Waals surface area (Å²) in [7, 11) is 0. The second kappa shape index (κ2) is 9.03. The first-order valence-electron chi connectivity index (χ1n) is 9.29. The highest BCUT2D eigenvalue weighted by Crippen LogP contribution is 2.15. The molecule has 0 saturated heterocycles. The number of carbonyl (C=O) groups is 1. The number of aromatic nitrogens is 2. The molecule has 0 fully saturated rings. The fraction of sp³-hybridized carbons (Fsp3) is 0.273. The van der Waals surface area contributed by atoms with Crippen LogP contribution in [0.15, 0.2) is 60.8 Å². The van der Waals surface area contributed by atoms with E-state index >= 15 is 0 Å². The summed E-state index contributed by atoms with van der Waals surface area (Å²) >= 11 is 0. The van der Waals surface area contributed by atoms with Gasteiger partial charge in [0, 0.05) is 18.3 Å². The van der Waals surface area contributed by atoms with Gasteiger partial charge in [-0.15, -0.1) is 0 Å². The van der Waals surface area contributed by atoms with Gasteiger partial charge in [-0.3, -0.25) is 9.48 Å². The maximum absolute atomic E-state index is 12.5. The van der Waals surface area contributed by atoms with Gasteiger partial charge in [-0.1, -0.05) is 31.2 Å². The van der Waals surface area contributed by atoms with Crippen LogP contribution >= 0.6 is 0 Å². The first kappa shape index (κ1) is 18.7. The molecule has 0 saturated carbocycles. The van der Waals surface area contributed by atoms with Crippen LogP contribution in [0.4, 0.5) is 0 Å². The number of amides is 1. The first-order valence-corrected chi connectivity index (χ1v) is 9.29. The molecule has 3 aromatic rings. The molecular weight excluding hydrogens is 338 g/mol. The SMILES string of the molecule is CCc1ccc(OCc2cccc(C(=O)NCc3ccnn3CC)c2)cc1. The van der Waals surface area contributed by atoms with Gasteiger partial charge in [0.05, 0.1) is 12.2 Å². The molecule has 1 N–H and O–H groups in total. The molecule has 0 aliphatic carbocycles. The highest BCUT2D eigenvalue weighted by Gasteiger charge is 2.08. The lowest BCUT2D eigenvalue weighted by Gasteiger charge is -2.10. The molecule has 0 aliphatic heterocycles. The van der Waals surface area contributed by atoms with Crippen molar-refractivity contribution in [2.45, 2.75) is 40.0 Å². The Labute approximate surface area is 160 Å². The molecule has 5 heteroatoms. The number of hydrogen-bond acceptors (Lipinski definition) is 3. The first-order chi connectivity index (χ1) is 13.2. The molecule has 27 heavy (non-hydrogen) atoms. The topological polar surface area (TPSA) is 56.1 Å². The van der Waals surface area contributed by atoms with E-state index in [1.807, 2.05) is 54.1 Å². The number of nitrogens with zero attached hydrogens (tertiary/aromatic N) is 2. The third kappa shape index (κ3) is 4.97. The largest absolute Gasteiger partial charge is 0.489 e. The van der Waals surface area contributed by atoms with Gasteiger partial charge in [0.1, 0.15) is 12.4 Å². The summed E-state index contributed by atoms with van der Waals surface area (Å²) in [6, 6.07) is 17.5. The van der Waals surface area contributed by atoms with Gasteiger partial charge in [0.15, 0.2) is 0 Å². The van der Waals surface area contributed by atoms with E-state index in [-0.39, 0.29) is 5.91 Å². The van der Waals surface area contributed by atoms with Crippen molar-refractivity contribution in [2.75, 3.05) is 0 Å². The van der Waals surface area contributed by atoms with E-state index in [1.54, 1.807) is 6.20 Å². The van der Waals surface area contributed by atoms with Gasteiger partial charge in [-0.25, -0.2) is 0 Å². The number of hydrogen-bond donors (Lipinski definition) is 1. The van der Waals surface area contributed by atoms with Crippen molar-refractivity contribution in [1.82, 2.24) is 15.1 Å². The molecule has 140 valence electrons. The molecule has 0 radical (unpaired) electrons. The summed E-state index contributed by atoms with van der Waals surface area (Å²) in [4.78, 5) is 12.5. The van der Waals surface area contributed by atoms with E-state index in [0.29, 0.717) is 18.7 Å². The Balaban J connectivity index is 1.58. The van der Waals surface area contributed by atoms with Crippen molar-refractivity contribution < 1.29 is 9.53 Å². The zero-order valence-electron chi connectivity index (χ0n) is 15.8. The maximum atomic E-state index is 12.5. The predicted octanol–water partition coefficient (Wildman–Crippen LogP) is 3.97. The van der Waals surface area contributed by atoms with Crippen LogP contribution in [0, 0.1) is 0 Å². The van der Waals surface area contributed by atoms with E-state index in [9.17, 15) is 4.79 Å². The predicted molar refractivity (Wildman–Crippen MR) is 106 cm³/mol. The minimum Gasteiger partial charge on any atom is -0.489 e. The molecule has 0 bridgehead atoms. The molecule has 5 nitrogen and oxygen atoms in total. The van der Waals surface area contributed by atoms with Crippen LogP contribution in [0.25, 0.3) is 0 Å². The number of rotatable bonds is 8. The Bertz CT molecular complexity index is 885. The standard InChI is InChI=1S/C22H25N3O2/c1-3-17-8-10-21(11-9-17)27-16-18-6-5-7-19(14-18)22(26)23-15-20-12-13-24-25(20)4-2/h5-14H,3-4,15-16H2,1-2H3,(H,23,26). The van der Waals surface area contributed by atoms with Crippen LogP contribution in [-0.2, 0) is 26.1 Å². The second-order valence-electron chi connectivity index (χ2n) is 6.31. The van der Waals surface area contributed by atoms with Crippen LogP contribution in [0.5, 0.6) is 5.75 Å². The number of aryl methyl sites for hydroxylation is 2. The van der Waals surface area contributed by atoms with Crippen molar-refractivity contribution in [3.8, 4) is 5.75 Å².